The number of imidazole rings is 1. The van der Waals surface area contributed by atoms with Crippen LogP contribution >= 0.6 is 11.6 Å². The van der Waals surface area contributed by atoms with Gasteiger partial charge in [0, 0.05) is 63.1 Å². The molecule has 1 aromatic carbocycles. The molecule has 4 aromatic rings. The Morgan fingerprint density at radius 3 is 2.53 bits per heavy atom. The largest absolute Gasteiger partial charge is 0.336 e. The number of benzene rings is 1. The van der Waals surface area contributed by atoms with Crippen LogP contribution in [-0.2, 0) is 6.54 Å². The first-order valence-corrected chi connectivity index (χ1v) is 10.3. The quantitative estimate of drug-likeness (QED) is 0.509. The van der Waals surface area contributed by atoms with Crippen molar-refractivity contribution in [2.24, 2.45) is 0 Å². The molecule has 5 rings (SSSR count). The molecule has 0 bridgehead atoms. The van der Waals surface area contributed by atoms with E-state index in [0.29, 0.717) is 23.7 Å². The van der Waals surface area contributed by atoms with E-state index >= 15 is 0 Å². The van der Waals surface area contributed by atoms with E-state index in [1.54, 1.807) is 10.9 Å². The number of rotatable bonds is 4. The summed E-state index contributed by atoms with van der Waals surface area (Å²) < 4.78 is 3.73. The lowest BCUT2D eigenvalue weighted by Crippen LogP contribution is -2.48. The standard InChI is InChI=1S/C22H21ClN6O/c23-18-4-7-21-25-19(16-28(21)14-18)15-26-10-12-27(13-11-26)22(30)17-2-5-20(6-3-17)29-9-1-8-24-29/h1-9,14,16H,10-13,15H2. The topological polar surface area (TPSA) is 58.7 Å². The van der Waals surface area contributed by atoms with Gasteiger partial charge in [-0.25, -0.2) is 9.67 Å². The van der Waals surface area contributed by atoms with Gasteiger partial charge in [-0.3, -0.25) is 9.69 Å². The van der Waals surface area contributed by atoms with Gasteiger partial charge in [0.05, 0.1) is 16.4 Å². The number of carbonyl (C=O) groups is 1. The molecule has 152 valence electrons. The van der Waals surface area contributed by atoms with Crippen molar-refractivity contribution in [3.8, 4) is 5.69 Å². The minimum Gasteiger partial charge on any atom is -0.336 e. The predicted molar refractivity (Wildman–Crippen MR) is 115 cm³/mol. The van der Waals surface area contributed by atoms with Gasteiger partial charge < -0.3 is 9.30 Å². The van der Waals surface area contributed by atoms with E-state index in [1.807, 2.05) is 70.4 Å². The van der Waals surface area contributed by atoms with E-state index in [2.05, 4.69) is 15.0 Å². The zero-order valence-electron chi connectivity index (χ0n) is 16.4. The van der Waals surface area contributed by atoms with Crippen LogP contribution in [0.15, 0.2) is 67.3 Å². The van der Waals surface area contributed by atoms with Crippen molar-refractivity contribution in [1.29, 1.82) is 0 Å². The van der Waals surface area contributed by atoms with E-state index in [4.69, 9.17) is 11.6 Å². The van der Waals surface area contributed by atoms with E-state index in [9.17, 15) is 4.79 Å². The maximum absolute atomic E-state index is 12.9. The number of carbonyl (C=O) groups excluding carboxylic acids is 1. The van der Waals surface area contributed by atoms with Crippen LogP contribution in [0.4, 0.5) is 0 Å². The lowest BCUT2D eigenvalue weighted by Gasteiger charge is -2.34. The van der Waals surface area contributed by atoms with Gasteiger partial charge >= 0.3 is 0 Å². The van der Waals surface area contributed by atoms with Crippen LogP contribution < -0.4 is 0 Å². The van der Waals surface area contributed by atoms with Crippen LogP contribution in [0.1, 0.15) is 16.1 Å². The van der Waals surface area contributed by atoms with Crippen molar-refractivity contribution in [2.75, 3.05) is 26.2 Å². The molecule has 0 radical (unpaired) electrons. The number of amides is 1. The third-order valence-corrected chi connectivity index (χ3v) is 5.62. The van der Waals surface area contributed by atoms with Crippen molar-refractivity contribution in [2.45, 2.75) is 6.54 Å². The molecule has 1 saturated heterocycles. The number of nitrogens with zero attached hydrogens (tertiary/aromatic N) is 6. The summed E-state index contributed by atoms with van der Waals surface area (Å²) in [5.74, 6) is 0.0732. The van der Waals surface area contributed by atoms with Crippen molar-refractivity contribution in [3.05, 3.63) is 83.5 Å². The van der Waals surface area contributed by atoms with Gasteiger partial charge in [-0.05, 0) is 42.5 Å². The SMILES string of the molecule is O=C(c1ccc(-n2cccn2)cc1)N1CCN(Cc2cn3cc(Cl)ccc3n2)CC1. The molecule has 1 aliphatic rings. The fourth-order valence-corrected chi connectivity index (χ4v) is 3.96. The zero-order valence-corrected chi connectivity index (χ0v) is 17.1. The lowest BCUT2D eigenvalue weighted by atomic mass is 10.1. The summed E-state index contributed by atoms with van der Waals surface area (Å²) in [5.41, 5.74) is 3.54. The Hall–Kier alpha value is -3.16. The average Bonchev–Trinajstić information content (AvgIpc) is 3.43. The maximum Gasteiger partial charge on any atom is 0.253 e. The highest BCUT2D eigenvalue weighted by molar-refractivity contribution is 6.30. The van der Waals surface area contributed by atoms with Gasteiger partial charge in [0.1, 0.15) is 5.65 Å². The first-order chi connectivity index (χ1) is 14.7. The second-order valence-electron chi connectivity index (χ2n) is 7.41. The van der Waals surface area contributed by atoms with Crippen LogP contribution in [0.25, 0.3) is 11.3 Å². The molecule has 0 unspecified atom stereocenters. The van der Waals surface area contributed by atoms with Crippen molar-refractivity contribution < 1.29 is 4.79 Å². The van der Waals surface area contributed by atoms with Gasteiger partial charge in [-0.1, -0.05) is 11.6 Å². The predicted octanol–water partition coefficient (Wildman–Crippen LogP) is 3.13. The number of piperazine rings is 1. The van der Waals surface area contributed by atoms with Crippen LogP contribution in [0.2, 0.25) is 5.02 Å². The second kappa shape index (κ2) is 7.93. The highest BCUT2D eigenvalue weighted by atomic mass is 35.5. The Morgan fingerprint density at radius 1 is 1.00 bits per heavy atom. The highest BCUT2D eigenvalue weighted by Gasteiger charge is 2.22. The summed E-state index contributed by atoms with van der Waals surface area (Å²) in [7, 11) is 0. The fourth-order valence-electron chi connectivity index (χ4n) is 3.79. The molecule has 0 spiro atoms. The summed E-state index contributed by atoms with van der Waals surface area (Å²) in [6.45, 7) is 3.83. The molecular formula is C22H21ClN6O. The molecule has 0 saturated carbocycles. The number of pyridine rings is 1. The van der Waals surface area contributed by atoms with Gasteiger partial charge in [-0.2, -0.15) is 5.10 Å². The average molecular weight is 421 g/mol. The van der Waals surface area contributed by atoms with Gasteiger partial charge in [0.2, 0.25) is 0 Å². The molecular weight excluding hydrogens is 400 g/mol. The smallest absolute Gasteiger partial charge is 0.253 e. The summed E-state index contributed by atoms with van der Waals surface area (Å²) in [6.07, 6.45) is 7.50. The van der Waals surface area contributed by atoms with Crippen LogP contribution in [-0.4, -0.2) is 61.1 Å². The molecule has 0 atom stereocenters. The second-order valence-corrected chi connectivity index (χ2v) is 7.85. The Labute approximate surface area is 179 Å². The van der Waals surface area contributed by atoms with Crippen molar-refractivity contribution in [3.63, 3.8) is 0 Å². The van der Waals surface area contributed by atoms with Crippen molar-refractivity contribution in [1.82, 2.24) is 29.0 Å². The van der Waals surface area contributed by atoms with E-state index in [-0.39, 0.29) is 5.91 Å². The van der Waals surface area contributed by atoms with Crippen LogP contribution in [0.3, 0.4) is 0 Å². The van der Waals surface area contributed by atoms with Crippen molar-refractivity contribution >= 4 is 23.2 Å². The normalized spacial score (nSPS) is 15.0. The van der Waals surface area contributed by atoms with E-state index in [1.165, 1.54) is 0 Å². The minimum absolute atomic E-state index is 0.0732. The number of hydrogen-bond donors (Lipinski definition) is 0. The molecule has 0 N–H and O–H groups in total. The summed E-state index contributed by atoms with van der Waals surface area (Å²) >= 11 is 6.05. The summed E-state index contributed by atoms with van der Waals surface area (Å²) in [6, 6.07) is 13.2. The number of aromatic nitrogens is 4. The van der Waals surface area contributed by atoms with Crippen LogP contribution in [0, 0.1) is 0 Å². The molecule has 0 aliphatic carbocycles. The third-order valence-electron chi connectivity index (χ3n) is 5.39. The number of halogens is 1. The fraction of sp³-hybridized carbons (Fsp3) is 0.227. The highest BCUT2D eigenvalue weighted by Crippen LogP contribution is 2.16. The first kappa shape index (κ1) is 18.8. The molecule has 4 heterocycles. The molecule has 1 aliphatic heterocycles. The Morgan fingerprint density at radius 2 is 1.80 bits per heavy atom. The monoisotopic (exact) mass is 420 g/mol. The Balaban J connectivity index is 1.19. The van der Waals surface area contributed by atoms with Gasteiger partial charge in [0.15, 0.2) is 0 Å². The Bertz CT molecular complexity index is 1160. The first-order valence-electron chi connectivity index (χ1n) is 9.90. The zero-order chi connectivity index (χ0) is 20.5. The molecule has 1 fully saturated rings. The van der Waals surface area contributed by atoms with E-state index < -0.39 is 0 Å². The van der Waals surface area contributed by atoms with E-state index in [0.717, 1.165) is 36.7 Å². The number of fused-ring (bicyclic) bond motifs is 1. The lowest BCUT2D eigenvalue weighted by molar-refractivity contribution is 0.0627. The van der Waals surface area contributed by atoms with Gasteiger partial charge in [0.25, 0.3) is 5.91 Å². The van der Waals surface area contributed by atoms with Crippen LogP contribution in [0.5, 0.6) is 0 Å². The molecule has 30 heavy (non-hydrogen) atoms. The number of hydrogen-bond acceptors (Lipinski definition) is 4. The Kier molecular flexibility index (Phi) is 4.98. The molecule has 8 heteroatoms. The summed E-state index contributed by atoms with van der Waals surface area (Å²) in [5, 5.41) is 4.91. The molecule has 7 nitrogen and oxygen atoms in total. The molecule has 1 amide bonds. The maximum atomic E-state index is 12.9. The third kappa shape index (κ3) is 3.81. The summed E-state index contributed by atoms with van der Waals surface area (Å²) in [4.78, 5) is 21.8. The minimum atomic E-state index is 0.0732. The molecule has 3 aromatic heterocycles. The van der Waals surface area contributed by atoms with Gasteiger partial charge in [-0.15, -0.1) is 0 Å².